The lowest BCUT2D eigenvalue weighted by molar-refractivity contribution is -0.148. The van der Waals surface area contributed by atoms with Crippen molar-refractivity contribution in [1.82, 2.24) is 4.90 Å². The van der Waals surface area contributed by atoms with Crippen LogP contribution in [0.25, 0.3) is 0 Å². The van der Waals surface area contributed by atoms with Crippen LogP contribution in [0.15, 0.2) is 24.3 Å². The molecule has 0 atom stereocenters. The van der Waals surface area contributed by atoms with E-state index in [0.29, 0.717) is 31.5 Å². The lowest BCUT2D eigenvalue weighted by Crippen LogP contribution is -2.40. The highest BCUT2D eigenvalue weighted by molar-refractivity contribution is 5.94. The molecule has 0 N–H and O–H groups in total. The van der Waals surface area contributed by atoms with Crippen molar-refractivity contribution in [2.24, 2.45) is 5.92 Å². The van der Waals surface area contributed by atoms with Gasteiger partial charge in [-0.2, -0.15) is 5.26 Å². The highest BCUT2D eigenvalue weighted by Crippen LogP contribution is 2.20. The van der Waals surface area contributed by atoms with Crippen molar-refractivity contribution in [3.8, 4) is 6.07 Å². The van der Waals surface area contributed by atoms with Gasteiger partial charge in [-0.3, -0.25) is 9.59 Å². The fourth-order valence-electron chi connectivity index (χ4n) is 2.31. The largest absolute Gasteiger partial charge is 0.450 e. The Bertz CT molecular complexity index is 557. The molecule has 1 aliphatic heterocycles. The van der Waals surface area contributed by atoms with Crippen LogP contribution in [0.5, 0.6) is 0 Å². The lowest BCUT2D eigenvalue weighted by atomic mass is 9.96. The zero-order valence-electron chi connectivity index (χ0n) is 11.4. The van der Waals surface area contributed by atoms with E-state index in [9.17, 15) is 14.0 Å². The number of nitriles is 1. The molecule has 0 saturated carbocycles. The summed E-state index contributed by atoms with van der Waals surface area (Å²) in [6.07, 6.45) is 1.02. The number of carbonyl (C=O) groups is 2. The first-order valence-corrected chi connectivity index (χ1v) is 6.70. The Labute approximate surface area is 121 Å². The molecular formula is C15H15FN2O3. The second kappa shape index (κ2) is 6.84. The summed E-state index contributed by atoms with van der Waals surface area (Å²) in [7, 11) is 0. The van der Waals surface area contributed by atoms with E-state index in [1.165, 1.54) is 24.3 Å². The number of benzene rings is 1. The summed E-state index contributed by atoms with van der Waals surface area (Å²) in [6.45, 7) is 0.651. The van der Waals surface area contributed by atoms with E-state index >= 15 is 0 Å². The molecule has 0 spiro atoms. The van der Waals surface area contributed by atoms with Crippen molar-refractivity contribution in [2.75, 3.05) is 19.7 Å². The maximum Gasteiger partial charge on any atom is 0.310 e. The van der Waals surface area contributed by atoms with Gasteiger partial charge >= 0.3 is 5.97 Å². The monoisotopic (exact) mass is 290 g/mol. The number of piperidine rings is 1. The van der Waals surface area contributed by atoms with Gasteiger partial charge in [0.05, 0.1) is 5.92 Å². The van der Waals surface area contributed by atoms with Crippen molar-refractivity contribution in [2.45, 2.75) is 12.8 Å². The highest BCUT2D eigenvalue weighted by Gasteiger charge is 2.28. The Balaban J connectivity index is 1.89. The van der Waals surface area contributed by atoms with Gasteiger partial charge in [-0.05, 0) is 37.1 Å². The van der Waals surface area contributed by atoms with Crippen LogP contribution in [0.2, 0.25) is 0 Å². The summed E-state index contributed by atoms with van der Waals surface area (Å²) >= 11 is 0. The fourth-order valence-corrected chi connectivity index (χ4v) is 2.31. The van der Waals surface area contributed by atoms with Crippen molar-refractivity contribution in [3.05, 3.63) is 35.6 Å². The van der Waals surface area contributed by atoms with Crippen molar-refractivity contribution in [3.63, 3.8) is 0 Å². The molecule has 2 rings (SSSR count). The molecule has 1 aromatic rings. The Morgan fingerprint density at radius 3 is 2.48 bits per heavy atom. The van der Waals surface area contributed by atoms with Gasteiger partial charge in [0, 0.05) is 18.7 Å². The summed E-state index contributed by atoms with van der Waals surface area (Å²) in [5, 5.41) is 8.37. The van der Waals surface area contributed by atoms with E-state index in [2.05, 4.69) is 0 Å². The summed E-state index contributed by atoms with van der Waals surface area (Å²) in [6, 6.07) is 7.15. The first-order chi connectivity index (χ1) is 10.1. The molecule has 1 fully saturated rings. The van der Waals surface area contributed by atoms with Gasteiger partial charge in [-0.1, -0.05) is 0 Å². The number of likely N-dealkylation sites (tertiary alicyclic amines) is 1. The van der Waals surface area contributed by atoms with Crippen molar-refractivity contribution in [1.29, 1.82) is 5.26 Å². The number of ether oxygens (including phenoxy) is 1. The van der Waals surface area contributed by atoms with E-state index < -0.39 is 0 Å². The number of rotatable bonds is 3. The molecule has 0 radical (unpaired) electrons. The van der Waals surface area contributed by atoms with Crippen LogP contribution in [0.4, 0.5) is 4.39 Å². The molecule has 21 heavy (non-hydrogen) atoms. The average molecular weight is 290 g/mol. The van der Waals surface area contributed by atoms with Crippen LogP contribution in [-0.2, 0) is 9.53 Å². The molecule has 110 valence electrons. The molecule has 0 bridgehead atoms. The van der Waals surface area contributed by atoms with Gasteiger partial charge in [-0.15, -0.1) is 0 Å². The van der Waals surface area contributed by atoms with Crippen LogP contribution in [-0.4, -0.2) is 36.5 Å². The SMILES string of the molecule is N#CCOC(=O)C1CCN(C(=O)c2ccc(F)cc2)CC1. The Morgan fingerprint density at radius 2 is 1.90 bits per heavy atom. The van der Waals surface area contributed by atoms with Gasteiger partial charge in [-0.25, -0.2) is 4.39 Å². The molecule has 1 aromatic carbocycles. The molecule has 1 aliphatic rings. The third-order valence-corrected chi connectivity index (χ3v) is 3.49. The maximum absolute atomic E-state index is 12.8. The number of hydrogen-bond donors (Lipinski definition) is 0. The van der Waals surface area contributed by atoms with Gasteiger partial charge in [0.2, 0.25) is 0 Å². The zero-order valence-corrected chi connectivity index (χ0v) is 11.4. The van der Waals surface area contributed by atoms with Gasteiger partial charge in [0.25, 0.3) is 5.91 Å². The molecule has 0 unspecified atom stereocenters. The van der Waals surface area contributed by atoms with Crippen molar-refractivity contribution < 1.29 is 18.7 Å². The smallest absolute Gasteiger partial charge is 0.310 e. The van der Waals surface area contributed by atoms with E-state index in [4.69, 9.17) is 10.00 Å². The van der Waals surface area contributed by atoms with Crippen LogP contribution < -0.4 is 0 Å². The number of halogens is 1. The molecule has 6 heteroatoms. The lowest BCUT2D eigenvalue weighted by Gasteiger charge is -2.30. The fraction of sp³-hybridized carbons (Fsp3) is 0.400. The van der Waals surface area contributed by atoms with Crippen LogP contribution in [0.1, 0.15) is 23.2 Å². The predicted molar refractivity (Wildman–Crippen MR) is 71.6 cm³/mol. The Morgan fingerprint density at radius 1 is 1.29 bits per heavy atom. The van der Waals surface area contributed by atoms with Crippen LogP contribution >= 0.6 is 0 Å². The number of nitrogens with zero attached hydrogens (tertiary/aromatic N) is 2. The summed E-state index contributed by atoms with van der Waals surface area (Å²) in [4.78, 5) is 25.5. The van der Waals surface area contributed by atoms with Crippen molar-refractivity contribution >= 4 is 11.9 Å². The minimum Gasteiger partial charge on any atom is -0.450 e. The zero-order chi connectivity index (χ0) is 15.2. The van der Waals surface area contributed by atoms with Gasteiger partial charge in [0.15, 0.2) is 6.61 Å². The Hall–Kier alpha value is -2.42. The molecule has 1 heterocycles. The Kier molecular flexibility index (Phi) is 4.88. The minimum atomic E-state index is -0.384. The number of carbonyl (C=O) groups excluding carboxylic acids is 2. The first-order valence-electron chi connectivity index (χ1n) is 6.70. The second-order valence-corrected chi connectivity index (χ2v) is 4.84. The third kappa shape index (κ3) is 3.78. The van der Waals surface area contributed by atoms with E-state index in [1.54, 1.807) is 11.0 Å². The number of hydrogen-bond acceptors (Lipinski definition) is 4. The van der Waals surface area contributed by atoms with Crippen LogP contribution in [0, 0.1) is 23.1 Å². The molecular weight excluding hydrogens is 275 g/mol. The standard InChI is InChI=1S/C15H15FN2O3/c16-13-3-1-11(2-4-13)14(19)18-8-5-12(6-9-18)15(20)21-10-7-17/h1-4,12H,5-6,8-10H2. The first kappa shape index (κ1) is 15.0. The quantitative estimate of drug-likeness (QED) is 0.795. The molecule has 1 saturated heterocycles. The second-order valence-electron chi connectivity index (χ2n) is 4.84. The summed E-state index contributed by atoms with van der Waals surface area (Å²) in [5.74, 6) is -1.20. The van der Waals surface area contributed by atoms with Crippen LogP contribution in [0.3, 0.4) is 0 Å². The summed E-state index contributed by atoms with van der Waals surface area (Å²) < 4.78 is 17.6. The van der Waals surface area contributed by atoms with Gasteiger partial charge in [0.1, 0.15) is 11.9 Å². The number of esters is 1. The van der Waals surface area contributed by atoms with E-state index in [1.807, 2.05) is 0 Å². The predicted octanol–water partition coefficient (Wildman–Crippen LogP) is 1.74. The average Bonchev–Trinajstić information content (AvgIpc) is 2.53. The molecule has 0 aliphatic carbocycles. The highest BCUT2D eigenvalue weighted by atomic mass is 19.1. The van der Waals surface area contributed by atoms with E-state index in [0.717, 1.165) is 0 Å². The maximum atomic E-state index is 12.8. The summed E-state index contributed by atoms with van der Waals surface area (Å²) in [5.41, 5.74) is 0.432. The minimum absolute atomic E-state index is 0.168. The van der Waals surface area contributed by atoms with Gasteiger partial charge < -0.3 is 9.64 Å². The molecule has 0 aromatic heterocycles. The third-order valence-electron chi connectivity index (χ3n) is 3.49. The van der Waals surface area contributed by atoms with E-state index in [-0.39, 0.29) is 30.2 Å². The normalized spacial score (nSPS) is 15.3. The number of amides is 1. The topological polar surface area (TPSA) is 70.4 Å². The molecule has 5 nitrogen and oxygen atoms in total. The molecule has 1 amide bonds.